The van der Waals surface area contributed by atoms with E-state index in [0.717, 1.165) is 13.1 Å². The Morgan fingerprint density at radius 3 is 2.90 bits per heavy atom. The Morgan fingerprint density at radius 1 is 1.10 bits per heavy atom. The molecule has 3 aromatic rings. The van der Waals surface area contributed by atoms with Crippen LogP contribution in [0, 0.1) is 6.92 Å². The number of rotatable bonds is 1. The number of benzene rings is 2. The quantitative estimate of drug-likeness (QED) is 0.710. The summed E-state index contributed by atoms with van der Waals surface area (Å²) in [5.41, 5.74) is 6.95. The van der Waals surface area contributed by atoms with Crippen LogP contribution in [-0.4, -0.2) is 23.5 Å². The van der Waals surface area contributed by atoms with Crippen LogP contribution in [0.15, 0.2) is 48.7 Å². The van der Waals surface area contributed by atoms with Crippen molar-refractivity contribution in [2.75, 3.05) is 13.6 Å². The molecule has 0 amide bonds. The molecule has 106 valence electrons. The van der Waals surface area contributed by atoms with Crippen LogP contribution >= 0.6 is 0 Å². The molecule has 1 aliphatic heterocycles. The molecule has 1 atom stereocenters. The van der Waals surface area contributed by atoms with E-state index in [4.69, 9.17) is 0 Å². The van der Waals surface area contributed by atoms with Crippen molar-refractivity contribution in [2.24, 2.45) is 0 Å². The number of fused-ring (bicyclic) bond motifs is 2. The predicted octanol–water partition coefficient (Wildman–Crippen LogP) is 4.05. The van der Waals surface area contributed by atoms with E-state index >= 15 is 0 Å². The summed E-state index contributed by atoms with van der Waals surface area (Å²) in [6, 6.07) is 15.9. The Bertz CT molecular complexity index is 800. The summed E-state index contributed by atoms with van der Waals surface area (Å²) in [5.74, 6) is 0.471. The highest BCUT2D eigenvalue weighted by atomic mass is 15.1. The number of nitrogens with one attached hydrogen (secondary N) is 1. The zero-order valence-corrected chi connectivity index (χ0v) is 12.6. The molecule has 0 saturated heterocycles. The maximum atomic E-state index is 3.27. The molecule has 1 aromatic heterocycles. The third-order valence-corrected chi connectivity index (χ3v) is 4.59. The minimum absolute atomic E-state index is 0.471. The monoisotopic (exact) mass is 276 g/mol. The minimum Gasteiger partial charge on any atom is -0.361 e. The molecule has 2 aromatic carbocycles. The highest BCUT2D eigenvalue weighted by Crippen LogP contribution is 2.34. The van der Waals surface area contributed by atoms with Gasteiger partial charge in [0.25, 0.3) is 0 Å². The Kier molecular flexibility index (Phi) is 2.86. The highest BCUT2D eigenvalue weighted by molar-refractivity contribution is 5.80. The van der Waals surface area contributed by atoms with E-state index in [1.165, 1.54) is 33.2 Å². The number of aryl methyl sites for hydroxylation is 1. The fraction of sp³-hybridized carbons (Fsp3) is 0.263. The van der Waals surface area contributed by atoms with Crippen LogP contribution in [0.3, 0.4) is 0 Å². The lowest BCUT2D eigenvalue weighted by molar-refractivity contribution is 0.295. The van der Waals surface area contributed by atoms with Gasteiger partial charge in [0.2, 0.25) is 0 Å². The summed E-state index contributed by atoms with van der Waals surface area (Å²) in [6.45, 7) is 4.32. The summed E-state index contributed by atoms with van der Waals surface area (Å²) in [4.78, 5) is 5.70. The third-order valence-electron chi connectivity index (χ3n) is 4.59. The fourth-order valence-electron chi connectivity index (χ4n) is 3.55. The van der Waals surface area contributed by atoms with Crippen molar-refractivity contribution in [3.8, 4) is 0 Å². The van der Waals surface area contributed by atoms with Gasteiger partial charge in [-0.15, -0.1) is 0 Å². The first-order chi connectivity index (χ1) is 10.2. The summed E-state index contributed by atoms with van der Waals surface area (Å²) >= 11 is 0. The van der Waals surface area contributed by atoms with Gasteiger partial charge in [-0.25, -0.2) is 0 Å². The Balaban J connectivity index is 1.84. The number of hydrogen-bond acceptors (Lipinski definition) is 1. The molecule has 0 saturated carbocycles. The second-order valence-electron chi connectivity index (χ2n) is 6.28. The Hall–Kier alpha value is -2.06. The van der Waals surface area contributed by atoms with Crippen molar-refractivity contribution in [1.29, 1.82) is 0 Å². The highest BCUT2D eigenvalue weighted by Gasteiger charge is 2.24. The molecule has 2 heteroatoms. The van der Waals surface area contributed by atoms with Crippen molar-refractivity contribution in [2.45, 2.75) is 19.4 Å². The van der Waals surface area contributed by atoms with Gasteiger partial charge in [0.15, 0.2) is 0 Å². The zero-order valence-electron chi connectivity index (χ0n) is 12.6. The van der Waals surface area contributed by atoms with Gasteiger partial charge >= 0.3 is 0 Å². The van der Waals surface area contributed by atoms with Crippen LogP contribution in [0.4, 0.5) is 0 Å². The molecule has 0 fully saturated rings. The standard InChI is InChI=1S/C19H20N2/c1-13-3-5-17-16(9-13)11-21(2)12-18(17)14-4-6-19-15(10-14)7-8-20-19/h3-10,18,20H,11-12H2,1-2H3/t18-/m0/s1. The molecular weight excluding hydrogens is 256 g/mol. The number of likely N-dealkylation sites (N-methyl/N-ethyl adjacent to an activating group) is 1. The second-order valence-corrected chi connectivity index (χ2v) is 6.28. The summed E-state index contributed by atoms with van der Waals surface area (Å²) in [5, 5.41) is 1.30. The van der Waals surface area contributed by atoms with Gasteiger partial charge in [-0.1, -0.05) is 29.8 Å². The van der Waals surface area contributed by atoms with Gasteiger partial charge in [-0.05, 0) is 54.2 Å². The molecular formula is C19H20N2. The Labute approximate surface area is 125 Å². The lowest BCUT2D eigenvalue weighted by Crippen LogP contribution is -2.31. The van der Waals surface area contributed by atoms with Crippen molar-refractivity contribution in [3.05, 3.63) is 70.9 Å². The maximum Gasteiger partial charge on any atom is 0.0454 e. The third kappa shape index (κ3) is 2.16. The first kappa shape index (κ1) is 12.7. The van der Waals surface area contributed by atoms with Gasteiger partial charge in [-0.3, -0.25) is 0 Å². The normalized spacial score (nSPS) is 18.9. The van der Waals surface area contributed by atoms with Crippen LogP contribution in [0.1, 0.15) is 28.2 Å². The summed E-state index contributed by atoms with van der Waals surface area (Å²) < 4.78 is 0. The lowest BCUT2D eigenvalue weighted by Gasteiger charge is -2.33. The van der Waals surface area contributed by atoms with Crippen LogP contribution in [0.5, 0.6) is 0 Å². The van der Waals surface area contributed by atoms with E-state index in [1.807, 2.05) is 6.20 Å². The SMILES string of the molecule is Cc1ccc2c(c1)CN(C)C[C@H]2c1ccc2[nH]ccc2c1. The largest absolute Gasteiger partial charge is 0.361 e. The van der Waals surface area contributed by atoms with E-state index in [2.05, 4.69) is 66.3 Å². The number of aromatic nitrogens is 1. The smallest absolute Gasteiger partial charge is 0.0454 e. The molecule has 2 nitrogen and oxygen atoms in total. The van der Waals surface area contributed by atoms with Gasteiger partial charge in [0.1, 0.15) is 0 Å². The molecule has 0 radical (unpaired) electrons. The molecule has 4 rings (SSSR count). The number of nitrogens with zero attached hydrogens (tertiary/aromatic N) is 1. The van der Waals surface area contributed by atoms with E-state index in [1.54, 1.807) is 0 Å². The number of hydrogen-bond donors (Lipinski definition) is 1. The van der Waals surface area contributed by atoms with Crippen LogP contribution in [-0.2, 0) is 6.54 Å². The topological polar surface area (TPSA) is 19.0 Å². The molecule has 0 spiro atoms. The average molecular weight is 276 g/mol. The van der Waals surface area contributed by atoms with Crippen molar-refractivity contribution in [3.63, 3.8) is 0 Å². The van der Waals surface area contributed by atoms with Crippen LogP contribution in [0.2, 0.25) is 0 Å². The zero-order chi connectivity index (χ0) is 14.4. The first-order valence-corrected chi connectivity index (χ1v) is 7.56. The van der Waals surface area contributed by atoms with E-state index in [9.17, 15) is 0 Å². The Morgan fingerprint density at radius 2 is 2.00 bits per heavy atom. The predicted molar refractivity (Wildman–Crippen MR) is 87.7 cm³/mol. The fourth-order valence-corrected chi connectivity index (χ4v) is 3.55. The van der Waals surface area contributed by atoms with Crippen molar-refractivity contribution < 1.29 is 0 Å². The van der Waals surface area contributed by atoms with E-state index < -0.39 is 0 Å². The summed E-state index contributed by atoms with van der Waals surface area (Å²) in [6.07, 6.45) is 2.01. The van der Waals surface area contributed by atoms with Crippen LogP contribution < -0.4 is 0 Å². The molecule has 0 bridgehead atoms. The van der Waals surface area contributed by atoms with Gasteiger partial charge < -0.3 is 9.88 Å². The minimum atomic E-state index is 0.471. The molecule has 0 aliphatic carbocycles. The molecule has 21 heavy (non-hydrogen) atoms. The van der Waals surface area contributed by atoms with Crippen molar-refractivity contribution in [1.82, 2.24) is 9.88 Å². The van der Waals surface area contributed by atoms with Gasteiger partial charge in [0, 0.05) is 30.7 Å². The van der Waals surface area contributed by atoms with Crippen molar-refractivity contribution >= 4 is 10.9 Å². The number of H-pyrrole nitrogens is 1. The summed E-state index contributed by atoms with van der Waals surface area (Å²) in [7, 11) is 2.22. The maximum absolute atomic E-state index is 3.27. The first-order valence-electron chi connectivity index (χ1n) is 7.56. The van der Waals surface area contributed by atoms with E-state index in [0.29, 0.717) is 5.92 Å². The molecule has 1 N–H and O–H groups in total. The lowest BCUT2D eigenvalue weighted by atomic mass is 9.84. The molecule has 2 heterocycles. The van der Waals surface area contributed by atoms with Gasteiger partial charge in [0.05, 0.1) is 0 Å². The van der Waals surface area contributed by atoms with Gasteiger partial charge in [-0.2, -0.15) is 0 Å². The number of aromatic amines is 1. The van der Waals surface area contributed by atoms with E-state index in [-0.39, 0.29) is 0 Å². The average Bonchev–Trinajstić information content (AvgIpc) is 2.93. The van der Waals surface area contributed by atoms with Crippen LogP contribution in [0.25, 0.3) is 10.9 Å². The molecule has 1 aliphatic rings. The second kappa shape index (κ2) is 4.74. The molecule has 0 unspecified atom stereocenters.